The Hall–Kier alpha value is -0.190. The van der Waals surface area contributed by atoms with E-state index in [-0.39, 0.29) is 5.78 Å². The topological polar surface area (TPSA) is 20.3 Å². The number of nitrogens with zero attached hydrogens (tertiary/aromatic N) is 1. The van der Waals surface area contributed by atoms with Gasteiger partial charge in [0.25, 0.3) is 0 Å². The van der Waals surface area contributed by atoms with Crippen LogP contribution in [0.1, 0.15) is 35.9 Å². The first-order valence-electron chi connectivity index (χ1n) is 6.20. The zero-order valence-electron chi connectivity index (χ0n) is 10.1. The summed E-state index contributed by atoms with van der Waals surface area (Å²) in [6.45, 7) is 5.00. The monoisotopic (exact) mass is 315 g/mol. The zero-order valence-corrected chi connectivity index (χ0v) is 12.5. The molecule has 1 aliphatic heterocycles. The van der Waals surface area contributed by atoms with Gasteiger partial charge in [0.05, 0.1) is 15.2 Å². The van der Waals surface area contributed by atoms with Gasteiger partial charge in [0.2, 0.25) is 0 Å². The Kier molecular flexibility index (Phi) is 4.77. The van der Waals surface area contributed by atoms with E-state index in [0.717, 1.165) is 27.7 Å². The molecule has 1 unspecified atom stereocenters. The molecule has 1 fully saturated rings. The van der Waals surface area contributed by atoms with Gasteiger partial charge in [0.1, 0.15) is 0 Å². The summed E-state index contributed by atoms with van der Waals surface area (Å²) >= 11 is 4.93. The molecule has 0 aromatic carbocycles. The van der Waals surface area contributed by atoms with Gasteiger partial charge in [0, 0.05) is 6.54 Å². The average Bonchev–Trinajstić information content (AvgIpc) is 2.76. The van der Waals surface area contributed by atoms with Crippen LogP contribution in [-0.2, 0) is 0 Å². The molecular weight excluding hydrogens is 298 g/mol. The minimum Gasteiger partial charge on any atom is -0.296 e. The number of ketones is 1. The summed E-state index contributed by atoms with van der Waals surface area (Å²) in [6.07, 6.45) is 3.79. The molecule has 1 atom stereocenters. The molecule has 0 spiro atoms. The van der Waals surface area contributed by atoms with Crippen LogP contribution in [0.25, 0.3) is 0 Å². The number of carbonyl (C=O) groups is 1. The van der Waals surface area contributed by atoms with Crippen molar-refractivity contribution in [3.05, 3.63) is 20.8 Å². The summed E-state index contributed by atoms with van der Waals surface area (Å²) in [7, 11) is 0. The summed E-state index contributed by atoms with van der Waals surface area (Å²) in [4.78, 5) is 15.3. The molecule has 0 N–H and O–H groups in total. The van der Waals surface area contributed by atoms with Crippen LogP contribution in [0, 0.1) is 5.92 Å². The minimum absolute atomic E-state index is 0.262. The van der Waals surface area contributed by atoms with E-state index in [1.54, 1.807) is 0 Å². The van der Waals surface area contributed by atoms with Crippen LogP contribution in [0.15, 0.2) is 15.9 Å². The first-order chi connectivity index (χ1) is 8.19. The van der Waals surface area contributed by atoms with Crippen molar-refractivity contribution in [1.82, 2.24) is 4.90 Å². The fourth-order valence-corrected chi connectivity index (χ4v) is 3.69. The molecule has 4 heteroatoms. The number of thiophene rings is 1. The lowest BCUT2D eigenvalue weighted by Gasteiger charge is -2.31. The van der Waals surface area contributed by atoms with E-state index < -0.39 is 0 Å². The van der Waals surface area contributed by atoms with Gasteiger partial charge in [-0.05, 0) is 53.4 Å². The number of Topliss-reactive ketones (excluding diaryl/α,β-unsaturated/α-hetero) is 1. The highest BCUT2D eigenvalue weighted by molar-refractivity contribution is 9.11. The van der Waals surface area contributed by atoms with E-state index >= 15 is 0 Å². The smallest absolute Gasteiger partial charge is 0.186 e. The summed E-state index contributed by atoms with van der Waals surface area (Å²) in [5.41, 5.74) is 0. The number of hydrogen-bond acceptors (Lipinski definition) is 3. The van der Waals surface area contributed by atoms with Gasteiger partial charge in [-0.1, -0.05) is 13.3 Å². The molecule has 17 heavy (non-hydrogen) atoms. The van der Waals surface area contributed by atoms with Gasteiger partial charge >= 0.3 is 0 Å². The fraction of sp³-hybridized carbons (Fsp3) is 0.615. The van der Waals surface area contributed by atoms with Crippen molar-refractivity contribution in [1.29, 1.82) is 0 Å². The Bertz CT molecular complexity index is 391. The Morgan fingerprint density at radius 2 is 2.41 bits per heavy atom. The third kappa shape index (κ3) is 3.63. The van der Waals surface area contributed by atoms with Crippen molar-refractivity contribution in [2.45, 2.75) is 26.2 Å². The van der Waals surface area contributed by atoms with Crippen LogP contribution in [0.4, 0.5) is 0 Å². The zero-order chi connectivity index (χ0) is 12.3. The third-order valence-electron chi connectivity index (χ3n) is 3.40. The van der Waals surface area contributed by atoms with Gasteiger partial charge in [0.15, 0.2) is 5.78 Å². The molecule has 0 amide bonds. The lowest BCUT2D eigenvalue weighted by molar-refractivity contribution is 0.0888. The van der Waals surface area contributed by atoms with E-state index in [0.29, 0.717) is 6.54 Å². The molecule has 0 radical (unpaired) electrons. The molecule has 0 saturated carbocycles. The van der Waals surface area contributed by atoms with Gasteiger partial charge in [-0.3, -0.25) is 9.69 Å². The lowest BCUT2D eigenvalue weighted by atomic mass is 9.95. The molecule has 94 valence electrons. The second-order valence-corrected chi connectivity index (χ2v) is 7.14. The molecule has 2 nitrogen and oxygen atoms in total. The van der Waals surface area contributed by atoms with Gasteiger partial charge in [-0.25, -0.2) is 0 Å². The molecule has 1 saturated heterocycles. The molecule has 1 aliphatic rings. The Morgan fingerprint density at radius 1 is 1.59 bits per heavy atom. The molecular formula is C13H18BrNOS. The van der Waals surface area contributed by atoms with E-state index in [9.17, 15) is 4.79 Å². The van der Waals surface area contributed by atoms with Crippen molar-refractivity contribution in [2.24, 2.45) is 5.92 Å². The summed E-state index contributed by atoms with van der Waals surface area (Å²) in [6, 6.07) is 3.86. The van der Waals surface area contributed by atoms with E-state index in [2.05, 4.69) is 27.8 Å². The van der Waals surface area contributed by atoms with Crippen molar-refractivity contribution < 1.29 is 4.79 Å². The van der Waals surface area contributed by atoms with Crippen molar-refractivity contribution >= 4 is 33.0 Å². The molecule has 2 heterocycles. The SMILES string of the molecule is CCC1CCCN(CC(=O)c2ccc(Br)s2)C1. The van der Waals surface area contributed by atoms with E-state index in [4.69, 9.17) is 0 Å². The number of halogens is 1. The van der Waals surface area contributed by atoms with Gasteiger partial charge < -0.3 is 0 Å². The quantitative estimate of drug-likeness (QED) is 0.787. The van der Waals surface area contributed by atoms with Crippen LogP contribution in [-0.4, -0.2) is 30.3 Å². The summed E-state index contributed by atoms with van der Waals surface area (Å²) in [5.74, 6) is 1.05. The van der Waals surface area contributed by atoms with Crippen LogP contribution in [0.5, 0.6) is 0 Å². The lowest BCUT2D eigenvalue weighted by Crippen LogP contribution is -2.38. The minimum atomic E-state index is 0.262. The second-order valence-electron chi connectivity index (χ2n) is 4.68. The van der Waals surface area contributed by atoms with Crippen LogP contribution < -0.4 is 0 Å². The van der Waals surface area contributed by atoms with Crippen molar-refractivity contribution in [3.8, 4) is 0 Å². The molecule has 1 aromatic heterocycles. The molecule has 1 aromatic rings. The van der Waals surface area contributed by atoms with Crippen LogP contribution in [0.2, 0.25) is 0 Å². The number of likely N-dealkylation sites (tertiary alicyclic amines) is 1. The van der Waals surface area contributed by atoms with Crippen molar-refractivity contribution in [3.63, 3.8) is 0 Å². The highest BCUT2D eigenvalue weighted by Gasteiger charge is 2.21. The number of piperidine rings is 1. The highest BCUT2D eigenvalue weighted by atomic mass is 79.9. The first kappa shape index (κ1) is 13.2. The predicted molar refractivity (Wildman–Crippen MR) is 75.8 cm³/mol. The van der Waals surface area contributed by atoms with Crippen LogP contribution >= 0.6 is 27.3 Å². The Labute approximate surface area is 115 Å². The normalized spacial score (nSPS) is 21.6. The third-order valence-corrected chi connectivity index (χ3v) is 5.06. The average molecular weight is 316 g/mol. The van der Waals surface area contributed by atoms with Crippen molar-refractivity contribution in [2.75, 3.05) is 19.6 Å². The maximum absolute atomic E-state index is 12.1. The molecule has 2 rings (SSSR count). The number of hydrogen-bond donors (Lipinski definition) is 0. The summed E-state index contributed by atoms with van der Waals surface area (Å²) in [5, 5.41) is 0. The standard InChI is InChI=1S/C13H18BrNOS/c1-2-10-4-3-7-15(8-10)9-11(16)12-5-6-13(14)17-12/h5-6,10H,2-4,7-9H2,1H3. The highest BCUT2D eigenvalue weighted by Crippen LogP contribution is 2.24. The van der Waals surface area contributed by atoms with E-state index in [1.807, 2.05) is 12.1 Å². The fourth-order valence-electron chi connectivity index (χ4n) is 2.37. The maximum Gasteiger partial charge on any atom is 0.186 e. The molecule has 0 aliphatic carbocycles. The van der Waals surface area contributed by atoms with E-state index in [1.165, 1.54) is 30.6 Å². The van der Waals surface area contributed by atoms with Gasteiger partial charge in [-0.2, -0.15) is 0 Å². The van der Waals surface area contributed by atoms with Crippen LogP contribution in [0.3, 0.4) is 0 Å². The largest absolute Gasteiger partial charge is 0.296 e. The number of carbonyl (C=O) groups excluding carboxylic acids is 1. The Morgan fingerprint density at radius 3 is 3.06 bits per heavy atom. The number of rotatable bonds is 4. The second kappa shape index (κ2) is 6.12. The maximum atomic E-state index is 12.1. The van der Waals surface area contributed by atoms with Gasteiger partial charge in [-0.15, -0.1) is 11.3 Å². The Balaban J connectivity index is 1.90. The summed E-state index contributed by atoms with van der Waals surface area (Å²) < 4.78 is 1.03. The first-order valence-corrected chi connectivity index (χ1v) is 7.81. The predicted octanol–water partition coefficient (Wildman–Crippen LogP) is 3.82. The molecule has 0 bridgehead atoms.